The minimum absolute atomic E-state index is 0.176. The van der Waals surface area contributed by atoms with E-state index in [2.05, 4.69) is 62.3 Å². The van der Waals surface area contributed by atoms with Gasteiger partial charge in [0.1, 0.15) is 0 Å². The van der Waals surface area contributed by atoms with Gasteiger partial charge < -0.3 is 10.2 Å². The number of nitrogens with zero attached hydrogens (tertiary/aromatic N) is 1. The van der Waals surface area contributed by atoms with Gasteiger partial charge >= 0.3 is 0 Å². The first-order valence-corrected chi connectivity index (χ1v) is 8.52. The third kappa shape index (κ3) is 5.35. The largest absolute Gasteiger partial charge is 0.372 e. The fourth-order valence-corrected chi connectivity index (χ4v) is 3.07. The smallest absolute Gasteiger partial charge is 0.0366 e. The van der Waals surface area contributed by atoms with Crippen molar-refractivity contribution in [2.75, 3.05) is 11.9 Å². The lowest BCUT2D eigenvalue weighted by atomic mass is 10.1. The Kier molecular flexibility index (Phi) is 5.69. The predicted octanol–water partition coefficient (Wildman–Crippen LogP) is 4.73. The van der Waals surface area contributed by atoms with Gasteiger partial charge in [0, 0.05) is 30.9 Å². The molecule has 1 aliphatic rings. The van der Waals surface area contributed by atoms with E-state index in [1.54, 1.807) is 0 Å². The van der Waals surface area contributed by atoms with Gasteiger partial charge in [-0.05, 0) is 51.3 Å². The van der Waals surface area contributed by atoms with Gasteiger partial charge in [0.05, 0.1) is 0 Å². The lowest BCUT2D eigenvalue weighted by molar-refractivity contribution is 0.424. The lowest BCUT2D eigenvalue weighted by Gasteiger charge is -2.29. The highest BCUT2D eigenvalue weighted by Crippen LogP contribution is 2.25. The Morgan fingerprint density at radius 1 is 1.00 bits per heavy atom. The fourth-order valence-electron chi connectivity index (χ4n) is 3.07. The summed E-state index contributed by atoms with van der Waals surface area (Å²) in [6.07, 6.45) is 8.32. The molecule has 0 aliphatic heterocycles. The van der Waals surface area contributed by atoms with Gasteiger partial charge in [-0.1, -0.05) is 37.8 Å². The van der Waals surface area contributed by atoms with E-state index in [0.29, 0.717) is 0 Å². The molecule has 1 N–H and O–H groups in total. The van der Waals surface area contributed by atoms with E-state index in [9.17, 15) is 0 Å². The number of anilines is 1. The van der Waals surface area contributed by atoms with Crippen molar-refractivity contribution in [2.24, 2.45) is 0 Å². The molecule has 1 aliphatic carbocycles. The van der Waals surface area contributed by atoms with Crippen molar-refractivity contribution >= 4 is 5.69 Å². The van der Waals surface area contributed by atoms with E-state index in [-0.39, 0.29) is 5.54 Å². The van der Waals surface area contributed by atoms with Crippen molar-refractivity contribution < 1.29 is 0 Å². The van der Waals surface area contributed by atoms with Crippen LogP contribution in [0.2, 0.25) is 0 Å². The van der Waals surface area contributed by atoms with Crippen molar-refractivity contribution in [3.05, 3.63) is 29.8 Å². The molecule has 1 fully saturated rings. The van der Waals surface area contributed by atoms with Crippen LogP contribution in [0, 0.1) is 0 Å². The maximum atomic E-state index is 3.54. The highest BCUT2D eigenvalue weighted by molar-refractivity contribution is 5.47. The van der Waals surface area contributed by atoms with Crippen LogP contribution < -0.4 is 10.2 Å². The summed E-state index contributed by atoms with van der Waals surface area (Å²) < 4.78 is 0. The fraction of sp³-hybridized carbons (Fsp3) is 0.684. The molecular weight excluding hydrogens is 256 g/mol. The van der Waals surface area contributed by atoms with Gasteiger partial charge in [-0.2, -0.15) is 0 Å². The average Bonchev–Trinajstić information content (AvgIpc) is 2.73. The Morgan fingerprint density at radius 3 is 2.10 bits per heavy atom. The van der Waals surface area contributed by atoms with Crippen LogP contribution in [0.3, 0.4) is 0 Å². The van der Waals surface area contributed by atoms with E-state index >= 15 is 0 Å². The highest BCUT2D eigenvalue weighted by atomic mass is 15.1. The zero-order chi connectivity index (χ0) is 15.3. The molecule has 2 rings (SSSR count). The Labute approximate surface area is 130 Å². The standard InChI is InChI=1S/C19H32N2/c1-19(2,3)20-15-16-11-13-18(14-12-16)21(4)17-9-7-5-6-8-10-17/h11-14,17,20H,5-10,15H2,1-4H3. The summed E-state index contributed by atoms with van der Waals surface area (Å²) in [5.74, 6) is 0. The summed E-state index contributed by atoms with van der Waals surface area (Å²) in [4.78, 5) is 2.49. The van der Waals surface area contributed by atoms with Gasteiger partial charge in [-0.15, -0.1) is 0 Å². The summed E-state index contributed by atoms with van der Waals surface area (Å²) in [6, 6.07) is 9.82. The average molecular weight is 288 g/mol. The first-order chi connectivity index (χ1) is 9.96. The van der Waals surface area contributed by atoms with Crippen LogP contribution in [0.5, 0.6) is 0 Å². The Morgan fingerprint density at radius 2 is 1.57 bits per heavy atom. The molecule has 1 saturated carbocycles. The number of hydrogen-bond acceptors (Lipinski definition) is 2. The Bertz CT molecular complexity index is 408. The molecule has 118 valence electrons. The Hall–Kier alpha value is -1.02. The summed E-state index contributed by atoms with van der Waals surface area (Å²) in [7, 11) is 2.26. The summed E-state index contributed by atoms with van der Waals surface area (Å²) in [5, 5.41) is 3.54. The number of nitrogens with one attached hydrogen (secondary N) is 1. The van der Waals surface area contributed by atoms with E-state index in [4.69, 9.17) is 0 Å². The van der Waals surface area contributed by atoms with Crippen LogP contribution in [0.4, 0.5) is 5.69 Å². The molecule has 0 aromatic heterocycles. The molecular formula is C19H32N2. The second-order valence-corrected chi connectivity index (χ2v) is 7.53. The van der Waals surface area contributed by atoms with Crippen molar-refractivity contribution in [2.45, 2.75) is 77.4 Å². The number of benzene rings is 1. The van der Waals surface area contributed by atoms with Crippen molar-refractivity contribution in [1.29, 1.82) is 0 Å². The Balaban J connectivity index is 1.94. The minimum Gasteiger partial charge on any atom is -0.372 e. The lowest BCUT2D eigenvalue weighted by Crippen LogP contribution is -2.35. The zero-order valence-electron chi connectivity index (χ0n) is 14.3. The van der Waals surface area contributed by atoms with Gasteiger partial charge in [0.25, 0.3) is 0 Å². The topological polar surface area (TPSA) is 15.3 Å². The molecule has 21 heavy (non-hydrogen) atoms. The highest BCUT2D eigenvalue weighted by Gasteiger charge is 2.17. The first-order valence-electron chi connectivity index (χ1n) is 8.52. The second kappa shape index (κ2) is 7.31. The van der Waals surface area contributed by atoms with Gasteiger partial charge in [-0.25, -0.2) is 0 Å². The second-order valence-electron chi connectivity index (χ2n) is 7.53. The van der Waals surface area contributed by atoms with Crippen molar-refractivity contribution in [1.82, 2.24) is 5.32 Å². The van der Waals surface area contributed by atoms with Gasteiger partial charge in [0.15, 0.2) is 0 Å². The molecule has 1 aromatic carbocycles. The summed E-state index contributed by atoms with van der Waals surface area (Å²) in [5.41, 5.74) is 2.90. The third-order valence-electron chi connectivity index (χ3n) is 4.54. The molecule has 0 bridgehead atoms. The summed E-state index contributed by atoms with van der Waals surface area (Å²) >= 11 is 0. The maximum Gasteiger partial charge on any atom is 0.0366 e. The van der Waals surface area contributed by atoms with Crippen molar-refractivity contribution in [3.63, 3.8) is 0 Å². The number of hydrogen-bond donors (Lipinski definition) is 1. The predicted molar refractivity (Wildman–Crippen MR) is 92.9 cm³/mol. The first kappa shape index (κ1) is 16.4. The van der Waals surface area contributed by atoms with Crippen molar-refractivity contribution in [3.8, 4) is 0 Å². The molecule has 2 heteroatoms. The molecule has 0 heterocycles. The zero-order valence-corrected chi connectivity index (χ0v) is 14.3. The molecule has 0 amide bonds. The van der Waals surface area contributed by atoms with Crippen LogP contribution in [-0.2, 0) is 6.54 Å². The normalized spacial score (nSPS) is 17.5. The molecule has 0 unspecified atom stereocenters. The van der Waals surface area contributed by atoms with Gasteiger partial charge in [0.2, 0.25) is 0 Å². The SMILES string of the molecule is CN(c1ccc(CNC(C)(C)C)cc1)C1CCCCCC1. The van der Waals surface area contributed by atoms with E-state index in [0.717, 1.165) is 12.6 Å². The maximum absolute atomic E-state index is 3.54. The quantitative estimate of drug-likeness (QED) is 0.805. The molecule has 1 aromatic rings. The molecule has 0 atom stereocenters. The summed E-state index contributed by atoms with van der Waals surface area (Å²) in [6.45, 7) is 7.57. The van der Waals surface area contributed by atoms with Crippen LogP contribution in [0.1, 0.15) is 64.9 Å². The van der Waals surface area contributed by atoms with Gasteiger partial charge in [-0.3, -0.25) is 0 Å². The molecule has 0 radical (unpaired) electrons. The van der Waals surface area contributed by atoms with Crippen LogP contribution in [0.15, 0.2) is 24.3 Å². The number of rotatable bonds is 4. The van der Waals surface area contributed by atoms with Crippen LogP contribution >= 0.6 is 0 Å². The third-order valence-corrected chi connectivity index (χ3v) is 4.54. The molecule has 0 saturated heterocycles. The molecule has 2 nitrogen and oxygen atoms in total. The van der Waals surface area contributed by atoms with Crippen LogP contribution in [-0.4, -0.2) is 18.6 Å². The van der Waals surface area contributed by atoms with E-state index < -0.39 is 0 Å². The molecule has 0 spiro atoms. The van der Waals surface area contributed by atoms with E-state index in [1.807, 2.05) is 0 Å². The minimum atomic E-state index is 0.176. The van der Waals surface area contributed by atoms with E-state index in [1.165, 1.54) is 49.8 Å². The van der Waals surface area contributed by atoms with Crippen LogP contribution in [0.25, 0.3) is 0 Å². The monoisotopic (exact) mass is 288 g/mol.